The molecule has 0 N–H and O–H groups in total. The largest absolute Gasteiger partial charge is 0.367 e. The second kappa shape index (κ2) is 3.46. The monoisotopic (exact) mass is 187 g/mol. The second-order valence-corrected chi connectivity index (χ2v) is 3.02. The summed E-state index contributed by atoms with van der Waals surface area (Å²) in [5, 5.41) is 3.59. The second-order valence-electron chi connectivity index (χ2n) is 3.02. The van der Waals surface area contributed by atoms with Gasteiger partial charge in [0.05, 0.1) is 11.3 Å². The predicted octanol–water partition coefficient (Wildman–Crippen LogP) is 2.00. The molecule has 3 nitrogen and oxygen atoms in total. The van der Waals surface area contributed by atoms with Gasteiger partial charge in [0.15, 0.2) is 0 Å². The average Bonchev–Trinajstić information content (AvgIpc) is 2.51. The Morgan fingerprint density at radius 1 is 1.29 bits per heavy atom. The number of rotatable bonds is 1. The molecule has 1 aromatic carbocycles. The molecule has 1 aliphatic rings. The van der Waals surface area contributed by atoms with Crippen LogP contribution < -0.4 is 0 Å². The molecular formula is C11H9NO2. The van der Waals surface area contributed by atoms with Gasteiger partial charge in [-0.3, -0.25) is 0 Å². The first kappa shape index (κ1) is 8.69. The van der Waals surface area contributed by atoms with Gasteiger partial charge in [0, 0.05) is 0 Å². The van der Waals surface area contributed by atoms with Gasteiger partial charge >= 0.3 is 5.97 Å². The van der Waals surface area contributed by atoms with E-state index < -0.39 is 0 Å². The van der Waals surface area contributed by atoms with E-state index in [0.29, 0.717) is 11.3 Å². The summed E-state index contributed by atoms with van der Waals surface area (Å²) in [6.07, 6.45) is 1.77. The number of oxime groups is 1. The Balaban J connectivity index is 2.36. The van der Waals surface area contributed by atoms with E-state index >= 15 is 0 Å². The first-order chi connectivity index (χ1) is 6.77. The van der Waals surface area contributed by atoms with Crippen LogP contribution >= 0.6 is 0 Å². The summed E-state index contributed by atoms with van der Waals surface area (Å²) in [5.41, 5.74) is 2.12. The highest BCUT2D eigenvalue weighted by atomic mass is 16.7. The van der Waals surface area contributed by atoms with Gasteiger partial charge < -0.3 is 4.84 Å². The molecule has 0 spiro atoms. The zero-order valence-corrected chi connectivity index (χ0v) is 7.73. The fraction of sp³-hybridized carbons (Fsp3) is 0.0909. The van der Waals surface area contributed by atoms with Crippen LogP contribution in [0.25, 0.3) is 6.08 Å². The molecule has 0 fully saturated rings. The Kier molecular flexibility index (Phi) is 2.14. The van der Waals surface area contributed by atoms with Gasteiger partial charge in [-0.05, 0) is 18.6 Å². The molecule has 1 aliphatic heterocycles. The highest BCUT2D eigenvalue weighted by Crippen LogP contribution is 2.14. The molecule has 2 rings (SSSR count). The number of nitrogens with zero attached hydrogens (tertiary/aromatic N) is 1. The lowest BCUT2D eigenvalue weighted by atomic mass is 10.1. The standard InChI is InChI=1S/C11H9NO2/c1-8-10(11(13)14-12-8)7-9-5-3-2-4-6-9/h2-7H,1H3. The Morgan fingerprint density at radius 3 is 2.57 bits per heavy atom. The molecule has 1 aromatic rings. The summed E-state index contributed by atoms with van der Waals surface area (Å²) < 4.78 is 0. The predicted molar refractivity (Wildman–Crippen MR) is 53.6 cm³/mol. The van der Waals surface area contributed by atoms with Gasteiger partial charge in [-0.15, -0.1) is 0 Å². The van der Waals surface area contributed by atoms with E-state index in [1.54, 1.807) is 13.0 Å². The Morgan fingerprint density at radius 2 is 2.00 bits per heavy atom. The lowest BCUT2D eigenvalue weighted by molar-refractivity contribution is -0.136. The zero-order valence-electron chi connectivity index (χ0n) is 7.73. The third-order valence-electron chi connectivity index (χ3n) is 1.99. The SMILES string of the molecule is CC1=NOC(=O)C1=Cc1ccccc1. The number of carbonyl (C=O) groups excluding carboxylic acids is 1. The molecule has 0 bridgehead atoms. The van der Waals surface area contributed by atoms with Gasteiger partial charge in [-0.2, -0.15) is 0 Å². The van der Waals surface area contributed by atoms with E-state index in [1.165, 1.54) is 0 Å². The van der Waals surface area contributed by atoms with Crippen molar-refractivity contribution < 1.29 is 9.63 Å². The smallest absolute Gasteiger partial charge is 0.312 e. The lowest BCUT2D eigenvalue weighted by Gasteiger charge is -1.94. The van der Waals surface area contributed by atoms with E-state index in [1.807, 2.05) is 30.3 Å². The Bertz CT molecular complexity index is 418. The molecule has 0 radical (unpaired) electrons. The maximum Gasteiger partial charge on any atom is 0.367 e. The summed E-state index contributed by atoms with van der Waals surface area (Å²) >= 11 is 0. The van der Waals surface area contributed by atoms with E-state index in [0.717, 1.165) is 5.56 Å². The van der Waals surface area contributed by atoms with Crippen molar-refractivity contribution in [3.05, 3.63) is 41.5 Å². The summed E-state index contributed by atoms with van der Waals surface area (Å²) in [4.78, 5) is 15.7. The molecule has 0 unspecified atom stereocenters. The van der Waals surface area contributed by atoms with Crippen LogP contribution in [0, 0.1) is 0 Å². The molecule has 0 aliphatic carbocycles. The quantitative estimate of drug-likeness (QED) is 0.498. The van der Waals surface area contributed by atoms with Crippen LogP contribution in [0.4, 0.5) is 0 Å². The number of benzene rings is 1. The van der Waals surface area contributed by atoms with Gasteiger partial charge in [0.2, 0.25) is 0 Å². The van der Waals surface area contributed by atoms with Crippen molar-refractivity contribution in [1.82, 2.24) is 0 Å². The molecule has 14 heavy (non-hydrogen) atoms. The summed E-state index contributed by atoms with van der Waals surface area (Å²) in [6, 6.07) is 9.60. The van der Waals surface area contributed by atoms with Crippen molar-refractivity contribution in [2.24, 2.45) is 5.16 Å². The molecule has 0 saturated heterocycles. The minimum Gasteiger partial charge on any atom is -0.312 e. The summed E-state index contributed by atoms with van der Waals surface area (Å²) in [7, 11) is 0. The number of hydrogen-bond acceptors (Lipinski definition) is 3. The van der Waals surface area contributed by atoms with Crippen LogP contribution in [-0.4, -0.2) is 11.7 Å². The van der Waals surface area contributed by atoms with Gasteiger partial charge in [0.1, 0.15) is 0 Å². The van der Waals surface area contributed by atoms with Crippen LogP contribution in [0.3, 0.4) is 0 Å². The van der Waals surface area contributed by atoms with Crippen LogP contribution in [0.1, 0.15) is 12.5 Å². The van der Waals surface area contributed by atoms with Crippen LogP contribution in [0.5, 0.6) is 0 Å². The third kappa shape index (κ3) is 1.57. The molecule has 3 heteroatoms. The van der Waals surface area contributed by atoms with Crippen molar-refractivity contribution in [3.63, 3.8) is 0 Å². The van der Waals surface area contributed by atoms with E-state index in [9.17, 15) is 4.79 Å². The number of hydrogen-bond donors (Lipinski definition) is 0. The maximum atomic E-state index is 11.2. The highest BCUT2D eigenvalue weighted by molar-refractivity contribution is 6.24. The van der Waals surface area contributed by atoms with Crippen molar-refractivity contribution in [3.8, 4) is 0 Å². The minimum atomic E-state index is -0.383. The topological polar surface area (TPSA) is 38.7 Å². The van der Waals surface area contributed by atoms with Gasteiger partial charge in [-0.1, -0.05) is 35.5 Å². The van der Waals surface area contributed by atoms with Crippen molar-refractivity contribution in [2.75, 3.05) is 0 Å². The fourth-order valence-electron chi connectivity index (χ4n) is 1.24. The normalized spacial score (nSPS) is 18.2. The lowest BCUT2D eigenvalue weighted by Crippen LogP contribution is -2.01. The summed E-state index contributed by atoms with van der Waals surface area (Å²) in [5.74, 6) is -0.383. The third-order valence-corrected chi connectivity index (χ3v) is 1.99. The first-order valence-electron chi connectivity index (χ1n) is 4.30. The van der Waals surface area contributed by atoms with Gasteiger partial charge in [-0.25, -0.2) is 4.79 Å². The maximum absolute atomic E-state index is 11.2. The van der Waals surface area contributed by atoms with Gasteiger partial charge in [0.25, 0.3) is 0 Å². The van der Waals surface area contributed by atoms with E-state index in [2.05, 4.69) is 9.99 Å². The Labute approximate surface area is 81.7 Å². The summed E-state index contributed by atoms with van der Waals surface area (Å²) in [6.45, 7) is 1.75. The van der Waals surface area contributed by atoms with E-state index in [4.69, 9.17) is 0 Å². The van der Waals surface area contributed by atoms with Crippen molar-refractivity contribution in [1.29, 1.82) is 0 Å². The molecule has 70 valence electrons. The molecule has 0 aromatic heterocycles. The highest BCUT2D eigenvalue weighted by Gasteiger charge is 2.21. The zero-order chi connectivity index (χ0) is 9.97. The molecule has 0 amide bonds. The number of carbonyl (C=O) groups is 1. The minimum absolute atomic E-state index is 0.383. The molecule has 0 atom stereocenters. The van der Waals surface area contributed by atoms with Crippen molar-refractivity contribution >= 4 is 17.8 Å². The van der Waals surface area contributed by atoms with E-state index in [-0.39, 0.29) is 5.97 Å². The fourth-order valence-corrected chi connectivity index (χ4v) is 1.24. The van der Waals surface area contributed by atoms with Crippen molar-refractivity contribution in [2.45, 2.75) is 6.92 Å². The average molecular weight is 187 g/mol. The molecule has 1 heterocycles. The van der Waals surface area contributed by atoms with Crippen LogP contribution in [0.2, 0.25) is 0 Å². The molecule has 0 saturated carbocycles. The first-order valence-corrected chi connectivity index (χ1v) is 4.30. The van der Waals surface area contributed by atoms with Crippen LogP contribution in [0.15, 0.2) is 41.1 Å². The van der Waals surface area contributed by atoms with Crippen LogP contribution in [-0.2, 0) is 9.63 Å². The molecular weight excluding hydrogens is 178 g/mol. The Hall–Kier alpha value is -1.90.